The van der Waals surface area contributed by atoms with Crippen molar-refractivity contribution in [1.29, 1.82) is 0 Å². The van der Waals surface area contributed by atoms with Crippen molar-refractivity contribution in [1.82, 2.24) is 10.6 Å². The molecule has 1 aliphatic heterocycles. The van der Waals surface area contributed by atoms with E-state index in [1.54, 1.807) is 0 Å². The van der Waals surface area contributed by atoms with E-state index >= 15 is 0 Å². The second kappa shape index (κ2) is 5.93. The molecule has 0 unspecified atom stereocenters. The van der Waals surface area contributed by atoms with E-state index in [0.29, 0.717) is 13.1 Å². The maximum Gasteiger partial charge on any atom is 0.237 e. The van der Waals surface area contributed by atoms with Gasteiger partial charge in [0, 0.05) is 24.2 Å². The SMILES string of the molecule is O=C(C[C@H]1NCCNC1=O)Nc1cccc2ccccc12. The van der Waals surface area contributed by atoms with Crippen LogP contribution in [0, 0.1) is 0 Å². The lowest BCUT2D eigenvalue weighted by Gasteiger charge is -2.23. The number of anilines is 1. The van der Waals surface area contributed by atoms with Crippen LogP contribution >= 0.6 is 0 Å². The second-order valence-corrected chi connectivity index (χ2v) is 5.08. The van der Waals surface area contributed by atoms with Gasteiger partial charge in [0.2, 0.25) is 11.8 Å². The van der Waals surface area contributed by atoms with Crippen LogP contribution < -0.4 is 16.0 Å². The minimum absolute atomic E-state index is 0.116. The van der Waals surface area contributed by atoms with Crippen molar-refractivity contribution in [2.75, 3.05) is 18.4 Å². The number of carbonyl (C=O) groups is 2. The molecule has 5 nitrogen and oxygen atoms in total. The van der Waals surface area contributed by atoms with E-state index in [4.69, 9.17) is 0 Å². The molecule has 1 fully saturated rings. The molecule has 0 aromatic heterocycles. The number of benzene rings is 2. The van der Waals surface area contributed by atoms with Crippen LogP contribution in [-0.4, -0.2) is 30.9 Å². The van der Waals surface area contributed by atoms with Crippen molar-refractivity contribution >= 4 is 28.3 Å². The van der Waals surface area contributed by atoms with Crippen LogP contribution in [0.1, 0.15) is 6.42 Å². The van der Waals surface area contributed by atoms with Crippen molar-refractivity contribution < 1.29 is 9.59 Å². The van der Waals surface area contributed by atoms with Gasteiger partial charge in [0.1, 0.15) is 0 Å². The molecule has 0 saturated carbocycles. The molecule has 1 heterocycles. The number of hydrogen-bond donors (Lipinski definition) is 3. The summed E-state index contributed by atoms with van der Waals surface area (Å²) in [6.07, 6.45) is 0.134. The fraction of sp³-hybridized carbons (Fsp3) is 0.250. The summed E-state index contributed by atoms with van der Waals surface area (Å²) in [7, 11) is 0. The van der Waals surface area contributed by atoms with Crippen LogP contribution in [0.3, 0.4) is 0 Å². The molecule has 2 amide bonds. The van der Waals surface area contributed by atoms with E-state index in [1.807, 2.05) is 42.5 Å². The molecule has 2 aromatic rings. The third-order valence-electron chi connectivity index (χ3n) is 3.58. The van der Waals surface area contributed by atoms with Gasteiger partial charge in [0.15, 0.2) is 0 Å². The number of hydrogen-bond acceptors (Lipinski definition) is 3. The number of nitrogens with one attached hydrogen (secondary N) is 3. The normalized spacial score (nSPS) is 18.3. The number of piperazine rings is 1. The van der Waals surface area contributed by atoms with Crippen LogP contribution in [0.2, 0.25) is 0 Å². The summed E-state index contributed by atoms with van der Waals surface area (Å²) >= 11 is 0. The van der Waals surface area contributed by atoms with Gasteiger partial charge in [0.05, 0.1) is 12.5 Å². The van der Waals surface area contributed by atoms with Gasteiger partial charge in [-0.3, -0.25) is 9.59 Å². The molecule has 5 heteroatoms. The van der Waals surface area contributed by atoms with Gasteiger partial charge in [-0.25, -0.2) is 0 Å². The van der Waals surface area contributed by atoms with Gasteiger partial charge in [-0.1, -0.05) is 36.4 Å². The molecule has 21 heavy (non-hydrogen) atoms. The minimum atomic E-state index is -0.450. The predicted octanol–water partition coefficient (Wildman–Crippen LogP) is 1.26. The fourth-order valence-corrected chi connectivity index (χ4v) is 2.53. The van der Waals surface area contributed by atoms with Gasteiger partial charge < -0.3 is 16.0 Å². The third-order valence-corrected chi connectivity index (χ3v) is 3.58. The quantitative estimate of drug-likeness (QED) is 0.794. The topological polar surface area (TPSA) is 70.2 Å². The summed E-state index contributed by atoms with van der Waals surface area (Å²) in [4.78, 5) is 23.8. The Kier molecular flexibility index (Phi) is 3.83. The average molecular weight is 283 g/mol. The molecule has 0 radical (unpaired) electrons. The summed E-state index contributed by atoms with van der Waals surface area (Å²) in [6, 6.07) is 13.2. The molecular formula is C16H17N3O2. The monoisotopic (exact) mass is 283 g/mol. The third kappa shape index (κ3) is 3.03. The largest absolute Gasteiger partial charge is 0.353 e. The summed E-state index contributed by atoms with van der Waals surface area (Å²) in [5.74, 6) is -0.282. The Labute approximate surface area is 122 Å². The molecule has 0 bridgehead atoms. The highest BCUT2D eigenvalue weighted by atomic mass is 16.2. The summed E-state index contributed by atoms with van der Waals surface area (Å²) < 4.78 is 0. The molecule has 3 N–H and O–H groups in total. The fourth-order valence-electron chi connectivity index (χ4n) is 2.53. The van der Waals surface area contributed by atoms with Gasteiger partial charge in [-0.05, 0) is 11.5 Å². The highest BCUT2D eigenvalue weighted by molar-refractivity contribution is 6.03. The van der Waals surface area contributed by atoms with Gasteiger partial charge in [-0.15, -0.1) is 0 Å². The van der Waals surface area contributed by atoms with Crippen molar-refractivity contribution in [3.63, 3.8) is 0 Å². The zero-order valence-corrected chi connectivity index (χ0v) is 11.6. The maximum absolute atomic E-state index is 12.1. The Balaban J connectivity index is 1.73. The zero-order chi connectivity index (χ0) is 14.7. The molecule has 108 valence electrons. The van der Waals surface area contributed by atoms with Gasteiger partial charge in [-0.2, -0.15) is 0 Å². The first kappa shape index (κ1) is 13.6. The maximum atomic E-state index is 12.1. The van der Waals surface area contributed by atoms with E-state index in [2.05, 4.69) is 16.0 Å². The van der Waals surface area contributed by atoms with Crippen LogP contribution in [0.15, 0.2) is 42.5 Å². The molecule has 2 aromatic carbocycles. The van der Waals surface area contributed by atoms with E-state index < -0.39 is 6.04 Å². The number of carbonyl (C=O) groups excluding carboxylic acids is 2. The lowest BCUT2D eigenvalue weighted by molar-refractivity contribution is -0.127. The average Bonchev–Trinajstić information content (AvgIpc) is 2.50. The van der Waals surface area contributed by atoms with Crippen molar-refractivity contribution in [3.8, 4) is 0 Å². The first-order valence-electron chi connectivity index (χ1n) is 7.03. The second-order valence-electron chi connectivity index (χ2n) is 5.08. The first-order chi connectivity index (χ1) is 10.2. The summed E-state index contributed by atoms with van der Waals surface area (Å²) in [6.45, 7) is 1.30. The van der Waals surface area contributed by atoms with Crippen LogP contribution in [0.25, 0.3) is 10.8 Å². The highest BCUT2D eigenvalue weighted by Gasteiger charge is 2.24. The Morgan fingerprint density at radius 1 is 1.14 bits per heavy atom. The van der Waals surface area contributed by atoms with Crippen molar-refractivity contribution in [2.45, 2.75) is 12.5 Å². The molecule has 0 spiro atoms. The Morgan fingerprint density at radius 3 is 2.81 bits per heavy atom. The Bertz CT molecular complexity index is 679. The number of rotatable bonds is 3. The molecule has 1 aliphatic rings. The van der Waals surface area contributed by atoms with E-state index in [9.17, 15) is 9.59 Å². The molecule has 3 rings (SSSR count). The van der Waals surface area contributed by atoms with Gasteiger partial charge in [0.25, 0.3) is 0 Å². The predicted molar refractivity (Wildman–Crippen MR) is 82.0 cm³/mol. The molecule has 1 atom stereocenters. The van der Waals surface area contributed by atoms with E-state index in [-0.39, 0.29) is 18.2 Å². The Morgan fingerprint density at radius 2 is 1.95 bits per heavy atom. The first-order valence-corrected chi connectivity index (χ1v) is 7.03. The van der Waals surface area contributed by atoms with Crippen LogP contribution in [0.4, 0.5) is 5.69 Å². The Hall–Kier alpha value is -2.40. The summed E-state index contributed by atoms with van der Waals surface area (Å²) in [5, 5.41) is 10.8. The lowest BCUT2D eigenvalue weighted by Crippen LogP contribution is -2.53. The van der Waals surface area contributed by atoms with E-state index in [0.717, 1.165) is 16.5 Å². The van der Waals surface area contributed by atoms with Crippen molar-refractivity contribution in [3.05, 3.63) is 42.5 Å². The molecule has 0 aliphatic carbocycles. The van der Waals surface area contributed by atoms with Gasteiger partial charge >= 0.3 is 0 Å². The highest BCUT2D eigenvalue weighted by Crippen LogP contribution is 2.23. The standard InChI is InChI=1S/C16H17N3O2/c20-15(10-14-16(21)18-9-8-17-14)19-13-7-3-5-11-4-1-2-6-12(11)13/h1-7,14,17H,8-10H2,(H,18,21)(H,19,20)/t14-/m1/s1. The number of fused-ring (bicyclic) bond motifs is 1. The van der Waals surface area contributed by atoms with E-state index in [1.165, 1.54) is 0 Å². The molecular weight excluding hydrogens is 266 g/mol. The van der Waals surface area contributed by atoms with Crippen LogP contribution in [0.5, 0.6) is 0 Å². The van der Waals surface area contributed by atoms with Crippen molar-refractivity contribution in [2.24, 2.45) is 0 Å². The zero-order valence-electron chi connectivity index (χ0n) is 11.6. The lowest BCUT2D eigenvalue weighted by atomic mass is 10.1. The molecule has 1 saturated heterocycles. The smallest absolute Gasteiger partial charge is 0.237 e. The minimum Gasteiger partial charge on any atom is -0.353 e. The summed E-state index contributed by atoms with van der Waals surface area (Å²) in [5.41, 5.74) is 0.773. The number of amides is 2. The van der Waals surface area contributed by atoms with Crippen LogP contribution in [-0.2, 0) is 9.59 Å².